The predicted molar refractivity (Wildman–Crippen MR) is 127 cm³/mol. The molecule has 2 fully saturated rings. The van der Waals surface area contributed by atoms with Crippen LogP contribution >= 0.6 is 0 Å². The van der Waals surface area contributed by atoms with Crippen molar-refractivity contribution in [3.05, 3.63) is 34.6 Å². The van der Waals surface area contributed by atoms with Crippen molar-refractivity contribution in [1.82, 2.24) is 24.8 Å². The van der Waals surface area contributed by atoms with Crippen LogP contribution in [0.1, 0.15) is 20.8 Å². The van der Waals surface area contributed by atoms with Crippen LogP contribution in [0, 0.1) is 22.0 Å². The fourth-order valence-electron chi connectivity index (χ4n) is 4.78. The zero-order chi connectivity index (χ0) is 24.9. The van der Waals surface area contributed by atoms with Crippen LogP contribution in [0.4, 0.5) is 16.4 Å². The lowest BCUT2D eigenvalue weighted by molar-refractivity contribution is -0.385. The first-order valence-corrected chi connectivity index (χ1v) is 11.4. The summed E-state index contributed by atoms with van der Waals surface area (Å²) < 4.78 is 10.7. The molecule has 1 amide bonds. The number of H-pyrrole nitrogens is 1. The molecule has 0 radical (unpaired) electrons. The molecule has 1 aromatic carbocycles. The van der Waals surface area contributed by atoms with Gasteiger partial charge in [-0.2, -0.15) is 4.98 Å². The Balaban J connectivity index is 1.41. The third-order valence-electron chi connectivity index (χ3n) is 6.34. The van der Waals surface area contributed by atoms with Crippen LogP contribution in [0.5, 0.6) is 5.75 Å². The molecule has 0 aliphatic carbocycles. The van der Waals surface area contributed by atoms with Gasteiger partial charge in [0.05, 0.1) is 18.4 Å². The maximum absolute atomic E-state index is 12.5. The maximum Gasteiger partial charge on any atom is 0.410 e. The highest BCUT2D eigenvalue weighted by atomic mass is 16.6. The summed E-state index contributed by atoms with van der Waals surface area (Å²) in [6.07, 6.45) is 1.25. The molecule has 2 saturated heterocycles. The number of methoxy groups -OCH3 is 1. The van der Waals surface area contributed by atoms with E-state index in [1.165, 1.54) is 19.5 Å². The Morgan fingerprint density at radius 3 is 2.51 bits per heavy atom. The average molecular weight is 482 g/mol. The van der Waals surface area contributed by atoms with Crippen LogP contribution in [0.15, 0.2) is 24.5 Å². The number of nitrogens with zero attached hydrogens (tertiary/aromatic N) is 6. The summed E-state index contributed by atoms with van der Waals surface area (Å²) in [7, 11) is 1.39. The van der Waals surface area contributed by atoms with Gasteiger partial charge in [-0.05, 0) is 32.9 Å². The number of amides is 1. The maximum atomic E-state index is 12.5. The first-order valence-electron chi connectivity index (χ1n) is 11.4. The quantitative estimate of drug-likeness (QED) is 0.439. The highest BCUT2D eigenvalue weighted by Gasteiger charge is 2.43. The Morgan fingerprint density at radius 2 is 1.89 bits per heavy atom. The molecule has 4 heterocycles. The molecular formula is C23H27N7O5. The molecule has 184 valence electrons. The van der Waals surface area contributed by atoms with Gasteiger partial charge in [0.2, 0.25) is 5.95 Å². The number of nitro groups is 1. The van der Waals surface area contributed by atoms with E-state index in [0.29, 0.717) is 54.5 Å². The van der Waals surface area contributed by atoms with Gasteiger partial charge in [-0.15, -0.1) is 0 Å². The van der Waals surface area contributed by atoms with Crippen molar-refractivity contribution in [2.45, 2.75) is 26.4 Å². The van der Waals surface area contributed by atoms with Gasteiger partial charge in [-0.25, -0.2) is 14.8 Å². The van der Waals surface area contributed by atoms with Crippen molar-refractivity contribution in [2.75, 3.05) is 38.2 Å². The minimum atomic E-state index is -0.527. The zero-order valence-corrected chi connectivity index (χ0v) is 20.0. The fraction of sp³-hybridized carbons (Fsp3) is 0.478. The molecule has 35 heavy (non-hydrogen) atoms. The van der Waals surface area contributed by atoms with E-state index < -0.39 is 10.5 Å². The number of benzene rings is 1. The molecule has 2 unspecified atom stereocenters. The molecule has 3 aromatic rings. The number of rotatable bonds is 4. The van der Waals surface area contributed by atoms with Crippen molar-refractivity contribution in [3.63, 3.8) is 0 Å². The number of imidazole rings is 1. The van der Waals surface area contributed by atoms with E-state index in [1.54, 1.807) is 17.0 Å². The first-order chi connectivity index (χ1) is 16.6. The van der Waals surface area contributed by atoms with Gasteiger partial charge in [-0.1, -0.05) is 0 Å². The third kappa shape index (κ3) is 4.31. The lowest BCUT2D eigenvalue weighted by atomic mass is 10.0. The molecule has 12 heteroatoms. The van der Waals surface area contributed by atoms with Crippen LogP contribution < -0.4 is 9.64 Å². The Hall–Kier alpha value is -3.96. The number of aromatic nitrogens is 4. The van der Waals surface area contributed by atoms with Crippen LogP contribution in [-0.2, 0) is 4.74 Å². The number of aromatic amines is 1. The van der Waals surface area contributed by atoms with E-state index in [2.05, 4.69) is 19.9 Å². The van der Waals surface area contributed by atoms with E-state index in [1.807, 2.05) is 20.8 Å². The number of fused-ring (bicyclic) bond motifs is 2. The third-order valence-corrected chi connectivity index (χ3v) is 6.34. The number of anilines is 1. The number of likely N-dealkylation sites (tertiary alicyclic amines) is 1. The van der Waals surface area contributed by atoms with Gasteiger partial charge in [0, 0.05) is 49.6 Å². The van der Waals surface area contributed by atoms with E-state index in [0.717, 1.165) is 0 Å². The number of carbonyl (C=O) groups excluding carboxylic acids is 1. The number of ether oxygens (including phenoxy) is 2. The molecule has 0 saturated carbocycles. The standard InChI is InChI=1S/C23H27N7O5/c1-23(2,3)35-22(31)29-10-14-8-28(9-15(14)11-29)21-26-18(19-20(27-21)25-12-24-19)13-5-6-17(34-4)16(7-13)30(32)33/h5-7,12,14-15H,8-11H2,1-4H3,(H,24,25,26,27). The van der Waals surface area contributed by atoms with Gasteiger partial charge in [0.25, 0.3) is 0 Å². The number of nitro benzene ring substituents is 1. The molecule has 12 nitrogen and oxygen atoms in total. The first kappa shape index (κ1) is 22.8. The van der Waals surface area contributed by atoms with E-state index in [9.17, 15) is 14.9 Å². The summed E-state index contributed by atoms with van der Waals surface area (Å²) >= 11 is 0. The summed E-state index contributed by atoms with van der Waals surface area (Å²) in [5, 5.41) is 11.5. The Kier molecular flexibility index (Phi) is 5.45. The summed E-state index contributed by atoms with van der Waals surface area (Å²) in [6.45, 7) is 8.23. The van der Waals surface area contributed by atoms with Gasteiger partial charge < -0.3 is 24.3 Å². The summed E-state index contributed by atoms with van der Waals surface area (Å²) in [5.41, 5.74) is 1.50. The Labute approximate surface area is 201 Å². The molecule has 5 rings (SSSR count). The molecule has 2 aromatic heterocycles. The van der Waals surface area contributed by atoms with Gasteiger partial charge in [0.1, 0.15) is 16.8 Å². The van der Waals surface area contributed by atoms with Crippen molar-refractivity contribution in [2.24, 2.45) is 11.8 Å². The Morgan fingerprint density at radius 1 is 1.17 bits per heavy atom. The second kappa shape index (κ2) is 8.36. The van der Waals surface area contributed by atoms with E-state index in [-0.39, 0.29) is 29.4 Å². The molecule has 1 N–H and O–H groups in total. The molecule has 2 aliphatic rings. The Bertz CT molecular complexity index is 1290. The van der Waals surface area contributed by atoms with Gasteiger partial charge in [0.15, 0.2) is 11.4 Å². The number of nitrogens with one attached hydrogen (secondary N) is 1. The molecule has 0 bridgehead atoms. The number of carbonyl (C=O) groups is 1. The zero-order valence-electron chi connectivity index (χ0n) is 20.0. The summed E-state index contributed by atoms with van der Waals surface area (Å²) in [6, 6.07) is 4.74. The molecule has 0 spiro atoms. The second-order valence-electron chi connectivity index (χ2n) is 9.93. The van der Waals surface area contributed by atoms with Gasteiger partial charge in [-0.3, -0.25) is 10.1 Å². The number of hydrogen-bond donors (Lipinski definition) is 1. The van der Waals surface area contributed by atoms with Crippen molar-refractivity contribution < 1.29 is 19.2 Å². The molecule has 2 aliphatic heterocycles. The highest BCUT2D eigenvalue weighted by Crippen LogP contribution is 2.37. The van der Waals surface area contributed by atoms with Crippen LogP contribution in [-0.4, -0.2) is 74.7 Å². The average Bonchev–Trinajstić information content (AvgIpc) is 3.51. The van der Waals surface area contributed by atoms with Gasteiger partial charge >= 0.3 is 11.8 Å². The normalized spacial score (nSPS) is 19.8. The van der Waals surface area contributed by atoms with E-state index >= 15 is 0 Å². The van der Waals surface area contributed by atoms with E-state index in [4.69, 9.17) is 14.5 Å². The lowest BCUT2D eigenvalue weighted by Crippen LogP contribution is -2.37. The summed E-state index contributed by atoms with van der Waals surface area (Å²) in [5.74, 6) is 1.25. The monoisotopic (exact) mass is 481 g/mol. The van der Waals surface area contributed by atoms with Crippen molar-refractivity contribution in [1.29, 1.82) is 0 Å². The minimum absolute atomic E-state index is 0.143. The van der Waals surface area contributed by atoms with Crippen LogP contribution in [0.25, 0.3) is 22.4 Å². The van der Waals surface area contributed by atoms with Crippen LogP contribution in [0.3, 0.4) is 0 Å². The highest BCUT2D eigenvalue weighted by molar-refractivity contribution is 5.89. The van der Waals surface area contributed by atoms with Crippen LogP contribution in [0.2, 0.25) is 0 Å². The fourth-order valence-corrected chi connectivity index (χ4v) is 4.78. The number of hydrogen-bond acceptors (Lipinski definition) is 9. The minimum Gasteiger partial charge on any atom is -0.490 e. The topological polar surface area (TPSA) is 140 Å². The largest absolute Gasteiger partial charge is 0.490 e. The SMILES string of the molecule is COc1ccc(-c2nc(N3CC4CN(C(=O)OC(C)(C)C)CC4C3)nc3nc[nH]c23)cc1[N+](=O)[O-]. The molecular weight excluding hydrogens is 454 g/mol. The smallest absolute Gasteiger partial charge is 0.410 e. The summed E-state index contributed by atoms with van der Waals surface area (Å²) in [4.78, 5) is 44.2. The lowest BCUT2D eigenvalue weighted by Gasteiger charge is -2.26. The predicted octanol–water partition coefficient (Wildman–Crippen LogP) is 3.24. The second-order valence-corrected chi connectivity index (χ2v) is 9.93. The molecule has 2 atom stereocenters. The van der Waals surface area contributed by atoms with Crippen molar-refractivity contribution >= 4 is 28.9 Å². The van der Waals surface area contributed by atoms with Crippen molar-refractivity contribution in [3.8, 4) is 17.0 Å².